The van der Waals surface area contributed by atoms with Crippen molar-refractivity contribution in [3.8, 4) is 11.3 Å². The first-order chi connectivity index (χ1) is 12.2. The molecule has 25 heavy (non-hydrogen) atoms. The van der Waals surface area contributed by atoms with Gasteiger partial charge in [0.15, 0.2) is 0 Å². The average molecular weight is 358 g/mol. The number of fused-ring (bicyclic) bond motifs is 1. The minimum absolute atomic E-state index is 0.513. The van der Waals surface area contributed by atoms with Gasteiger partial charge in [0.05, 0.1) is 5.69 Å². The Kier molecular flexibility index (Phi) is 5.87. The van der Waals surface area contributed by atoms with Gasteiger partial charge in [0.1, 0.15) is 12.1 Å². The van der Waals surface area contributed by atoms with E-state index in [4.69, 9.17) is 17.3 Å². The van der Waals surface area contributed by atoms with E-state index in [1.807, 2.05) is 24.3 Å². The summed E-state index contributed by atoms with van der Waals surface area (Å²) in [4.78, 5) is 8.87. The summed E-state index contributed by atoms with van der Waals surface area (Å²) < 4.78 is 1.61. The molecule has 0 fully saturated rings. The second-order valence-electron chi connectivity index (χ2n) is 6.32. The topological polar surface area (TPSA) is 69.1 Å². The highest BCUT2D eigenvalue weighted by molar-refractivity contribution is 6.30. The summed E-state index contributed by atoms with van der Waals surface area (Å²) in [6, 6.07) is 7.71. The zero-order valence-corrected chi connectivity index (χ0v) is 15.3. The predicted octanol–water partition coefficient (Wildman–Crippen LogP) is 4.93. The van der Waals surface area contributed by atoms with Crippen molar-refractivity contribution >= 4 is 23.2 Å². The van der Waals surface area contributed by atoms with Crippen LogP contribution >= 0.6 is 11.6 Å². The van der Waals surface area contributed by atoms with Crippen molar-refractivity contribution in [3.63, 3.8) is 0 Å². The van der Waals surface area contributed by atoms with Gasteiger partial charge in [0, 0.05) is 16.1 Å². The van der Waals surface area contributed by atoms with Crippen LogP contribution in [0.25, 0.3) is 17.0 Å². The highest BCUT2D eigenvalue weighted by atomic mass is 35.5. The maximum Gasteiger partial charge on any atom is 0.254 e. The number of nitrogens with zero attached hydrogens (tertiary/aromatic N) is 4. The molecule has 0 spiro atoms. The normalized spacial score (nSPS) is 11.3. The smallest absolute Gasteiger partial charge is 0.254 e. The fraction of sp³-hybridized carbons (Fsp3) is 0.421. The van der Waals surface area contributed by atoms with Gasteiger partial charge in [-0.2, -0.15) is 14.6 Å². The number of nitrogen functional groups attached to an aromatic ring is 1. The Bertz CT molecular complexity index is 843. The van der Waals surface area contributed by atoms with Crippen LogP contribution in [-0.4, -0.2) is 19.6 Å². The number of anilines is 1. The molecule has 0 aliphatic carbocycles. The van der Waals surface area contributed by atoms with Crippen molar-refractivity contribution in [3.05, 3.63) is 41.2 Å². The monoisotopic (exact) mass is 357 g/mol. The maximum absolute atomic E-state index is 6.39. The summed E-state index contributed by atoms with van der Waals surface area (Å²) in [7, 11) is 0. The summed E-state index contributed by atoms with van der Waals surface area (Å²) in [5, 5.41) is 4.88. The molecular formula is C19H24ClN5. The van der Waals surface area contributed by atoms with Crippen LogP contribution in [0.3, 0.4) is 0 Å². The molecule has 0 bridgehead atoms. The molecule has 2 N–H and O–H groups in total. The van der Waals surface area contributed by atoms with Crippen molar-refractivity contribution in [2.24, 2.45) is 0 Å². The number of unbranched alkanes of at least 4 members (excludes halogenated alkanes) is 5. The Morgan fingerprint density at radius 3 is 2.72 bits per heavy atom. The van der Waals surface area contributed by atoms with Crippen LogP contribution in [0.15, 0.2) is 30.6 Å². The lowest BCUT2D eigenvalue weighted by Gasteiger charge is -2.13. The van der Waals surface area contributed by atoms with Crippen LogP contribution in [0.2, 0.25) is 5.02 Å². The first-order valence-corrected chi connectivity index (χ1v) is 9.32. The van der Waals surface area contributed by atoms with Gasteiger partial charge in [-0.15, -0.1) is 0 Å². The Labute approximate surface area is 153 Å². The number of benzene rings is 1. The third kappa shape index (κ3) is 4.10. The molecule has 1 aromatic carbocycles. The summed E-state index contributed by atoms with van der Waals surface area (Å²) >= 11 is 6.17. The quantitative estimate of drug-likeness (QED) is 0.580. The fourth-order valence-electron chi connectivity index (χ4n) is 3.10. The molecule has 0 saturated heterocycles. The summed E-state index contributed by atoms with van der Waals surface area (Å²) in [6.45, 7) is 2.23. The summed E-state index contributed by atoms with van der Waals surface area (Å²) in [5.41, 5.74) is 9.23. The molecule has 132 valence electrons. The van der Waals surface area contributed by atoms with Crippen LogP contribution in [0.1, 0.15) is 51.0 Å². The fourth-order valence-corrected chi connectivity index (χ4v) is 3.29. The van der Waals surface area contributed by atoms with Gasteiger partial charge in [-0.3, -0.25) is 0 Å². The van der Waals surface area contributed by atoms with Crippen molar-refractivity contribution in [1.82, 2.24) is 19.6 Å². The second-order valence-corrected chi connectivity index (χ2v) is 6.76. The first kappa shape index (κ1) is 17.7. The van der Waals surface area contributed by atoms with E-state index in [9.17, 15) is 0 Å². The third-order valence-electron chi connectivity index (χ3n) is 4.44. The van der Waals surface area contributed by atoms with Crippen molar-refractivity contribution in [1.29, 1.82) is 0 Å². The first-order valence-electron chi connectivity index (χ1n) is 8.94. The van der Waals surface area contributed by atoms with Crippen LogP contribution in [0.4, 0.5) is 5.82 Å². The van der Waals surface area contributed by atoms with E-state index < -0.39 is 0 Å². The Balaban J connectivity index is 1.89. The minimum Gasteiger partial charge on any atom is -0.383 e. The second kappa shape index (κ2) is 8.30. The van der Waals surface area contributed by atoms with E-state index in [2.05, 4.69) is 22.0 Å². The largest absolute Gasteiger partial charge is 0.383 e. The molecule has 6 heteroatoms. The lowest BCUT2D eigenvalue weighted by molar-refractivity contribution is 0.607. The SMILES string of the molecule is CCCCCCCCc1c(-c2cccc(Cl)c2)nc2ncnn2c1N. The van der Waals surface area contributed by atoms with Gasteiger partial charge in [0.2, 0.25) is 0 Å². The average Bonchev–Trinajstić information content (AvgIpc) is 3.08. The lowest BCUT2D eigenvalue weighted by atomic mass is 10.0. The molecule has 0 radical (unpaired) electrons. The van der Waals surface area contributed by atoms with Gasteiger partial charge < -0.3 is 5.73 Å². The zero-order valence-electron chi connectivity index (χ0n) is 14.6. The van der Waals surface area contributed by atoms with E-state index >= 15 is 0 Å². The van der Waals surface area contributed by atoms with E-state index in [0.29, 0.717) is 16.6 Å². The van der Waals surface area contributed by atoms with E-state index in [1.165, 1.54) is 38.4 Å². The number of nitrogens with two attached hydrogens (primary N) is 1. The molecule has 5 nitrogen and oxygen atoms in total. The van der Waals surface area contributed by atoms with Crippen molar-refractivity contribution in [2.75, 3.05) is 5.73 Å². The zero-order chi connectivity index (χ0) is 17.6. The molecule has 0 aliphatic heterocycles. The molecule has 3 rings (SSSR count). The predicted molar refractivity (Wildman–Crippen MR) is 103 cm³/mol. The maximum atomic E-state index is 6.39. The standard InChI is InChI=1S/C19H24ClN5/c1-2-3-4-5-6-7-11-16-17(14-9-8-10-15(20)12-14)24-19-22-13-23-25(19)18(16)21/h8-10,12-13H,2-7,11,21H2,1H3. The molecule has 0 saturated carbocycles. The van der Waals surface area contributed by atoms with Gasteiger partial charge in [-0.05, 0) is 25.0 Å². The van der Waals surface area contributed by atoms with Crippen LogP contribution in [-0.2, 0) is 6.42 Å². The van der Waals surface area contributed by atoms with Crippen LogP contribution in [0.5, 0.6) is 0 Å². The Morgan fingerprint density at radius 2 is 1.92 bits per heavy atom. The molecule has 0 amide bonds. The lowest BCUT2D eigenvalue weighted by Crippen LogP contribution is -2.08. The summed E-state index contributed by atoms with van der Waals surface area (Å²) in [5.74, 6) is 1.13. The molecule has 2 aromatic heterocycles. The van der Waals surface area contributed by atoms with Crippen LogP contribution in [0, 0.1) is 0 Å². The van der Waals surface area contributed by atoms with Gasteiger partial charge >= 0.3 is 0 Å². The number of aromatic nitrogens is 4. The molecule has 3 aromatic rings. The Morgan fingerprint density at radius 1 is 1.12 bits per heavy atom. The van der Waals surface area contributed by atoms with E-state index in [-0.39, 0.29) is 0 Å². The van der Waals surface area contributed by atoms with E-state index in [0.717, 1.165) is 29.7 Å². The van der Waals surface area contributed by atoms with Gasteiger partial charge in [-0.25, -0.2) is 4.98 Å². The van der Waals surface area contributed by atoms with Crippen molar-refractivity contribution < 1.29 is 0 Å². The highest BCUT2D eigenvalue weighted by Crippen LogP contribution is 2.29. The molecule has 2 heterocycles. The number of rotatable bonds is 8. The number of halogens is 1. The molecular weight excluding hydrogens is 334 g/mol. The van der Waals surface area contributed by atoms with Crippen molar-refractivity contribution in [2.45, 2.75) is 51.9 Å². The third-order valence-corrected chi connectivity index (χ3v) is 4.68. The summed E-state index contributed by atoms with van der Waals surface area (Å²) in [6.07, 6.45) is 9.78. The highest BCUT2D eigenvalue weighted by Gasteiger charge is 2.16. The molecule has 0 unspecified atom stereocenters. The molecule has 0 aliphatic rings. The number of hydrogen-bond donors (Lipinski definition) is 1. The van der Waals surface area contributed by atoms with E-state index in [1.54, 1.807) is 4.52 Å². The van der Waals surface area contributed by atoms with Gasteiger partial charge in [-0.1, -0.05) is 62.8 Å². The number of hydrogen-bond acceptors (Lipinski definition) is 4. The van der Waals surface area contributed by atoms with Gasteiger partial charge in [0.25, 0.3) is 5.78 Å². The van der Waals surface area contributed by atoms with Crippen LogP contribution < -0.4 is 5.73 Å². The minimum atomic E-state index is 0.513. The molecule has 0 atom stereocenters. The Hall–Kier alpha value is -2.14.